The second kappa shape index (κ2) is 5.37. The molecule has 0 amide bonds. The number of benzene rings is 1. The largest absolute Gasteiger partial charge is 0.436 e. The molecule has 0 saturated heterocycles. The van der Waals surface area contributed by atoms with E-state index in [1.807, 2.05) is 6.92 Å². The second-order valence-corrected chi connectivity index (χ2v) is 6.44. The van der Waals surface area contributed by atoms with Crippen molar-refractivity contribution in [3.8, 4) is 0 Å². The Morgan fingerprint density at radius 1 is 1.00 bits per heavy atom. The Morgan fingerprint density at radius 2 is 1.65 bits per heavy atom. The summed E-state index contributed by atoms with van der Waals surface area (Å²) in [4.78, 5) is 25.4. The van der Waals surface area contributed by atoms with Gasteiger partial charge in [0.2, 0.25) is 5.78 Å². The van der Waals surface area contributed by atoms with E-state index in [9.17, 15) is 9.59 Å². The molecule has 0 radical (unpaired) electrons. The lowest BCUT2D eigenvalue weighted by Crippen LogP contribution is -2.22. The number of carbonyl (C=O) groups is 2. The Balaban J connectivity index is 1.74. The molecule has 1 N–H and O–H groups in total. The van der Waals surface area contributed by atoms with Gasteiger partial charge in [0.05, 0.1) is 5.56 Å². The normalized spacial score (nSPS) is 17.8. The average molecular weight is 309 g/mol. The van der Waals surface area contributed by atoms with Gasteiger partial charge in [0.15, 0.2) is 17.4 Å². The maximum Gasteiger partial charge on any atom is 0.229 e. The van der Waals surface area contributed by atoms with E-state index in [1.165, 1.54) is 19.3 Å². The number of ketones is 2. The van der Waals surface area contributed by atoms with Crippen LogP contribution < -0.4 is 5.32 Å². The fraction of sp³-hybridized carbons (Fsp3) is 0.368. The Morgan fingerprint density at radius 3 is 2.35 bits per heavy atom. The van der Waals surface area contributed by atoms with Gasteiger partial charge in [0, 0.05) is 22.7 Å². The van der Waals surface area contributed by atoms with Gasteiger partial charge in [-0.05, 0) is 19.8 Å². The third-order valence-electron chi connectivity index (χ3n) is 4.94. The SMILES string of the molecule is Cc1c(NC2CCCCC2)oc2c1C(=O)c1ccccc1C2=O. The smallest absolute Gasteiger partial charge is 0.229 e. The highest BCUT2D eigenvalue weighted by molar-refractivity contribution is 6.28. The zero-order chi connectivity index (χ0) is 16.0. The summed E-state index contributed by atoms with van der Waals surface area (Å²) in [5.41, 5.74) is 2.08. The van der Waals surface area contributed by atoms with E-state index in [-0.39, 0.29) is 17.3 Å². The zero-order valence-corrected chi connectivity index (χ0v) is 13.1. The van der Waals surface area contributed by atoms with Crippen molar-refractivity contribution in [2.45, 2.75) is 45.1 Å². The topological polar surface area (TPSA) is 59.3 Å². The van der Waals surface area contributed by atoms with Crippen LogP contribution in [0.2, 0.25) is 0 Å². The fourth-order valence-electron chi connectivity index (χ4n) is 3.65. The first-order valence-corrected chi connectivity index (χ1v) is 8.25. The van der Waals surface area contributed by atoms with Crippen LogP contribution in [-0.4, -0.2) is 17.6 Å². The fourth-order valence-corrected chi connectivity index (χ4v) is 3.65. The minimum Gasteiger partial charge on any atom is -0.436 e. The van der Waals surface area contributed by atoms with Gasteiger partial charge in [-0.25, -0.2) is 0 Å². The van der Waals surface area contributed by atoms with Gasteiger partial charge in [-0.15, -0.1) is 0 Å². The van der Waals surface area contributed by atoms with Crippen LogP contribution in [0.4, 0.5) is 5.88 Å². The molecule has 4 rings (SSSR count). The molecule has 0 spiro atoms. The highest BCUT2D eigenvalue weighted by atomic mass is 16.4. The lowest BCUT2D eigenvalue weighted by Gasteiger charge is -2.22. The average Bonchev–Trinajstić information content (AvgIpc) is 2.91. The van der Waals surface area contributed by atoms with E-state index in [2.05, 4.69) is 5.32 Å². The molecular weight excluding hydrogens is 290 g/mol. The first-order chi connectivity index (χ1) is 11.2. The molecule has 2 aliphatic rings. The predicted molar refractivity (Wildman–Crippen MR) is 87.2 cm³/mol. The Labute approximate surface area is 134 Å². The van der Waals surface area contributed by atoms with Gasteiger partial charge in [-0.2, -0.15) is 0 Å². The zero-order valence-electron chi connectivity index (χ0n) is 13.1. The summed E-state index contributed by atoms with van der Waals surface area (Å²) in [6.45, 7) is 1.85. The Bertz CT molecular complexity index is 797. The molecule has 1 fully saturated rings. The molecule has 0 aliphatic heterocycles. The van der Waals surface area contributed by atoms with Crippen LogP contribution in [0.3, 0.4) is 0 Å². The lowest BCUT2D eigenvalue weighted by molar-refractivity contribution is 0.0960. The molecule has 23 heavy (non-hydrogen) atoms. The highest BCUT2D eigenvalue weighted by Gasteiger charge is 2.36. The molecule has 2 aromatic rings. The van der Waals surface area contributed by atoms with Gasteiger partial charge in [0.25, 0.3) is 0 Å². The Kier molecular flexibility index (Phi) is 3.33. The molecule has 0 unspecified atom stereocenters. The number of hydrogen-bond acceptors (Lipinski definition) is 4. The van der Waals surface area contributed by atoms with Crippen molar-refractivity contribution in [2.24, 2.45) is 0 Å². The highest BCUT2D eigenvalue weighted by Crippen LogP contribution is 2.36. The monoisotopic (exact) mass is 309 g/mol. The first-order valence-electron chi connectivity index (χ1n) is 8.25. The van der Waals surface area contributed by atoms with E-state index in [1.54, 1.807) is 24.3 Å². The number of carbonyl (C=O) groups excluding carboxylic acids is 2. The van der Waals surface area contributed by atoms with Crippen LogP contribution >= 0.6 is 0 Å². The first kappa shape index (κ1) is 14.2. The van der Waals surface area contributed by atoms with Crippen LogP contribution in [0.15, 0.2) is 28.7 Å². The van der Waals surface area contributed by atoms with E-state index >= 15 is 0 Å². The van der Waals surface area contributed by atoms with Crippen molar-refractivity contribution in [1.82, 2.24) is 0 Å². The quantitative estimate of drug-likeness (QED) is 0.774. The third-order valence-corrected chi connectivity index (χ3v) is 4.94. The molecular formula is C19H19NO3. The molecule has 4 heteroatoms. The van der Waals surface area contributed by atoms with Crippen LogP contribution in [0.25, 0.3) is 0 Å². The maximum absolute atomic E-state index is 12.7. The van der Waals surface area contributed by atoms with E-state index in [4.69, 9.17) is 4.42 Å². The number of furan rings is 1. The molecule has 1 aromatic heterocycles. The van der Waals surface area contributed by atoms with Crippen molar-refractivity contribution in [1.29, 1.82) is 0 Å². The molecule has 1 aromatic carbocycles. The number of nitrogens with one attached hydrogen (secondary N) is 1. The molecule has 2 aliphatic carbocycles. The number of anilines is 1. The van der Waals surface area contributed by atoms with Crippen LogP contribution in [0.5, 0.6) is 0 Å². The molecule has 118 valence electrons. The van der Waals surface area contributed by atoms with Gasteiger partial charge in [0.1, 0.15) is 0 Å². The van der Waals surface area contributed by atoms with Gasteiger partial charge >= 0.3 is 0 Å². The summed E-state index contributed by atoms with van der Waals surface area (Å²) in [5.74, 6) is 0.448. The van der Waals surface area contributed by atoms with Crippen LogP contribution in [0.1, 0.15) is 69.7 Å². The minimum absolute atomic E-state index is 0.117. The van der Waals surface area contributed by atoms with Crippen LogP contribution in [-0.2, 0) is 0 Å². The van der Waals surface area contributed by atoms with Gasteiger partial charge in [-0.3, -0.25) is 9.59 Å². The molecule has 0 bridgehead atoms. The van der Waals surface area contributed by atoms with E-state index < -0.39 is 0 Å². The Hall–Kier alpha value is -2.36. The van der Waals surface area contributed by atoms with Gasteiger partial charge < -0.3 is 9.73 Å². The summed E-state index contributed by atoms with van der Waals surface area (Å²) in [6.07, 6.45) is 5.90. The number of rotatable bonds is 2. The molecule has 4 nitrogen and oxygen atoms in total. The summed E-state index contributed by atoms with van der Waals surface area (Å²) in [6, 6.07) is 7.31. The van der Waals surface area contributed by atoms with Crippen LogP contribution in [0, 0.1) is 6.92 Å². The van der Waals surface area contributed by atoms with E-state index in [0.717, 1.165) is 18.4 Å². The molecule has 0 atom stereocenters. The summed E-state index contributed by atoms with van der Waals surface area (Å²) in [5, 5.41) is 3.40. The number of fused-ring (bicyclic) bond motifs is 2. The summed E-state index contributed by atoms with van der Waals surface area (Å²) < 4.78 is 5.80. The maximum atomic E-state index is 12.7. The second-order valence-electron chi connectivity index (χ2n) is 6.44. The predicted octanol–water partition coefficient (Wildman–Crippen LogP) is 4.11. The van der Waals surface area contributed by atoms with Crippen molar-refractivity contribution < 1.29 is 14.0 Å². The standard InChI is InChI=1S/C19H19NO3/c1-11-15-16(21)13-9-5-6-10-14(13)17(22)18(15)23-19(11)20-12-7-3-2-4-8-12/h5-6,9-10,12,20H,2-4,7-8H2,1H3. The van der Waals surface area contributed by atoms with E-state index in [0.29, 0.717) is 28.6 Å². The van der Waals surface area contributed by atoms with Gasteiger partial charge in [-0.1, -0.05) is 43.5 Å². The molecule has 1 heterocycles. The summed E-state index contributed by atoms with van der Waals surface area (Å²) in [7, 11) is 0. The van der Waals surface area contributed by atoms with Crippen molar-refractivity contribution in [2.75, 3.05) is 5.32 Å². The lowest BCUT2D eigenvalue weighted by atomic mass is 9.87. The van der Waals surface area contributed by atoms with Crippen molar-refractivity contribution in [3.63, 3.8) is 0 Å². The number of hydrogen-bond donors (Lipinski definition) is 1. The third kappa shape index (κ3) is 2.21. The van der Waals surface area contributed by atoms with Crippen molar-refractivity contribution in [3.05, 3.63) is 52.3 Å². The molecule has 1 saturated carbocycles. The minimum atomic E-state index is -0.199. The summed E-state index contributed by atoms with van der Waals surface area (Å²) >= 11 is 0. The van der Waals surface area contributed by atoms with Crippen molar-refractivity contribution >= 4 is 17.5 Å².